The van der Waals surface area contributed by atoms with E-state index in [1.165, 1.54) is 0 Å². The minimum Gasteiger partial charge on any atom is -0.388 e. The number of benzene rings is 1. The van der Waals surface area contributed by atoms with Crippen molar-refractivity contribution in [1.82, 2.24) is 0 Å². The molecule has 1 aromatic carbocycles. The van der Waals surface area contributed by atoms with Crippen molar-refractivity contribution in [2.45, 2.75) is 30.3 Å². The van der Waals surface area contributed by atoms with E-state index in [2.05, 4.69) is 5.32 Å². The van der Waals surface area contributed by atoms with Gasteiger partial charge in [0, 0.05) is 32.6 Å². The molecule has 0 radical (unpaired) electrons. The Kier molecular flexibility index (Phi) is 4.67. The first-order chi connectivity index (χ1) is 9.47. The molecule has 1 aliphatic rings. The summed E-state index contributed by atoms with van der Waals surface area (Å²) in [6.07, 6.45) is 1.12. The smallest absolute Gasteiger partial charge is 0.180 e. The minimum absolute atomic E-state index is 0.0593. The molecule has 0 atom stereocenters. The van der Waals surface area contributed by atoms with Crippen LogP contribution in [0.25, 0.3) is 0 Å². The number of rotatable bonds is 5. The third kappa shape index (κ3) is 3.50. The van der Waals surface area contributed by atoms with Gasteiger partial charge in [0.15, 0.2) is 9.84 Å². The first kappa shape index (κ1) is 15.3. The Morgan fingerprint density at radius 2 is 1.95 bits per heavy atom. The molecule has 0 aromatic heterocycles. The van der Waals surface area contributed by atoms with Crippen molar-refractivity contribution in [3.8, 4) is 0 Å². The molecule has 1 aliphatic heterocycles. The second kappa shape index (κ2) is 6.11. The maximum absolute atomic E-state index is 12.0. The van der Waals surface area contributed by atoms with E-state index in [1.807, 2.05) is 0 Å². The van der Waals surface area contributed by atoms with Crippen LogP contribution in [0.5, 0.6) is 0 Å². The highest BCUT2D eigenvalue weighted by Gasteiger charge is 2.30. The van der Waals surface area contributed by atoms with Crippen molar-refractivity contribution in [2.24, 2.45) is 0 Å². The third-order valence-electron chi connectivity index (χ3n) is 3.63. The SMILES string of the molecule is CCS(=O)(=O)c1ccccc1NCC1(O)CCOCC1. The van der Waals surface area contributed by atoms with Crippen LogP contribution in [0, 0.1) is 0 Å². The minimum atomic E-state index is -3.27. The van der Waals surface area contributed by atoms with Gasteiger partial charge < -0.3 is 15.2 Å². The van der Waals surface area contributed by atoms with Crippen molar-refractivity contribution < 1.29 is 18.3 Å². The second-order valence-electron chi connectivity index (χ2n) is 5.09. The molecule has 0 bridgehead atoms. The average Bonchev–Trinajstić information content (AvgIpc) is 2.46. The van der Waals surface area contributed by atoms with Crippen molar-refractivity contribution in [3.63, 3.8) is 0 Å². The summed E-state index contributed by atoms with van der Waals surface area (Å²) in [5.74, 6) is 0.0593. The molecule has 112 valence electrons. The summed E-state index contributed by atoms with van der Waals surface area (Å²) in [5, 5.41) is 13.5. The zero-order valence-electron chi connectivity index (χ0n) is 11.6. The first-order valence-corrected chi connectivity index (χ1v) is 8.48. The van der Waals surface area contributed by atoms with E-state index in [0.717, 1.165) is 0 Å². The number of para-hydroxylation sites is 1. The van der Waals surface area contributed by atoms with Gasteiger partial charge in [-0.15, -0.1) is 0 Å². The van der Waals surface area contributed by atoms with Crippen molar-refractivity contribution in [2.75, 3.05) is 30.8 Å². The Labute approximate surface area is 119 Å². The van der Waals surface area contributed by atoms with Crippen LogP contribution in [-0.4, -0.2) is 44.6 Å². The summed E-state index contributed by atoms with van der Waals surface area (Å²) in [6, 6.07) is 6.81. The van der Waals surface area contributed by atoms with Gasteiger partial charge in [-0.25, -0.2) is 8.42 Å². The summed E-state index contributed by atoms with van der Waals surface area (Å²) >= 11 is 0. The molecule has 20 heavy (non-hydrogen) atoms. The zero-order valence-corrected chi connectivity index (χ0v) is 12.4. The Morgan fingerprint density at radius 1 is 1.30 bits per heavy atom. The van der Waals surface area contributed by atoms with Gasteiger partial charge in [0.1, 0.15) is 0 Å². The van der Waals surface area contributed by atoms with Crippen LogP contribution in [0.1, 0.15) is 19.8 Å². The number of hydrogen-bond donors (Lipinski definition) is 2. The van der Waals surface area contributed by atoms with Crippen LogP contribution >= 0.6 is 0 Å². The summed E-state index contributed by atoms with van der Waals surface area (Å²) in [4.78, 5) is 0.290. The predicted octanol–water partition coefficient (Wildman–Crippen LogP) is 1.43. The fourth-order valence-electron chi connectivity index (χ4n) is 2.23. The molecule has 1 saturated heterocycles. The number of ether oxygens (including phenoxy) is 1. The van der Waals surface area contributed by atoms with E-state index >= 15 is 0 Å². The Bertz CT molecular complexity index is 550. The summed E-state index contributed by atoms with van der Waals surface area (Å²) in [6.45, 7) is 3.02. The average molecular weight is 299 g/mol. The molecule has 6 heteroatoms. The van der Waals surface area contributed by atoms with Gasteiger partial charge in [-0.05, 0) is 12.1 Å². The van der Waals surface area contributed by atoms with Gasteiger partial charge in [-0.3, -0.25) is 0 Å². The van der Waals surface area contributed by atoms with Gasteiger partial charge in [-0.1, -0.05) is 19.1 Å². The molecule has 0 saturated carbocycles. The third-order valence-corrected chi connectivity index (χ3v) is 5.42. The summed E-state index contributed by atoms with van der Waals surface area (Å²) < 4.78 is 29.3. The second-order valence-corrected chi connectivity index (χ2v) is 7.34. The van der Waals surface area contributed by atoms with Crippen molar-refractivity contribution in [3.05, 3.63) is 24.3 Å². The van der Waals surface area contributed by atoms with E-state index in [-0.39, 0.29) is 10.6 Å². The van der Waals surface area contributed by atoms with E-state index in [1.54, 1.807) is 31.2 Å². The van der Waals surface area contributed by atoms with E-state index < -0.39 is 15.4 Å². The van der Waals surface area contributed by atoms with Gasteiger partial charge in [0.2, 0.25) is 0 Å². The maximum Gasteiger partial charge on any atom is 0.180 e. The summed E-state index contributed by atoms with van der Waals surface area (Å²) in [5.41, 5.74) is -0.282. The molecule has 1 fully saturated rings. The normalized spacial score (nSPS) is 18.7. The standard InChI is InChI=1S/C14H21NO4S/c1-2-20(17,18)13-6-4-3-5-12(13)15-11-14(16)7-9-19-10-8-14/h3-6,15-16H,2,7-11H2,1H3. The molecular weight excluding hydrogens is 278 g/mol. The highest BCUT2D eigenvalue weighted by atomic mass is 32.2. The molecule has 2 rings (SSSR count). The first-order valence-electron chi connectivity index (χ1n) is 6.83. The van der Waals surface area contributed by atoms with E-state index in [9.17, 15) is 13.5 Å². The van der Waals surface area contributed by atoms with Gasteiger partial charge in [0.25, 0.3) is 0 Å². The fourth-order valence-corrected chi connectivity index (χ4v) is 3.30. The maximum atomic E-state index is 12.0. The van der Waals surface area contributed by atoms with Crippen LogP contribution in [0.2, 0.25) is 0 Å². The molecule has 0 spiro atoms. The highest BCUT2D eigenvalue weighted by Crippen LogP contribution is 2.25. The zero-order chi connectivity index (χ0) is 14.6. The van der Waals surface area contributed by atoms with Crippen molar-refractivity contribution in [1.29, 1.82) is 0 Å². The fraction of sp³-hybridized carbons (Fsp3) is 0.571. The van der Waals surface area contributed by atoms with Gasteiger partial charge in [-0.2, -0.15) is 0 Å². The number of sulfone groups is 1. The lowest BCUT2D eigenvalue weighted by molar-refractivity contribution is -0.0543. The van der Waals surface area contributed by atoms with Crippen LogP contribution < -0.4 is 5.32 Å². The van der Waals surface area contributed by atoms with Crippen LogP contribution in [-0.2, 0) is 14.6 Å². The molecule has 2 N–H and O–H groups in total. The molecule has 1 aromatic rings. The number of aliphatic hydroxyl groups is 1. The predicted molar refractivity (Wildman–Crippen MR) is 77.7 cm³/mol. The molecule has 1 heterocycles. The van der Waals surface area contributed by atoms with Crippen LogP contribution in [0.15, 0.2) is 29.2 Å². The lowest BCUT2D eigenvalue weighted by Crippen LogP contribution is -2.42. The van der Waals surface area contributed by atoms with E-state index in [0.29, 0.717) is 38.3 Å². The Morgan fingerprint density at radius 3 is 2.60 bits per heavy atom. The number of hydrogen-bond acceptors (Lipinski definition) is 5. The molecule has 0 unspecified atom stereocenters. The largest absolute Gasteiger partial charge is 0.388 e. The van der Waals surface area contributed by atoms with Crippen LogP contribution in [0.4, 0.5) is 5.69 Å². The lowest BCUT2D eigenvalue weighted by atomic mass is 9.94. The lowest BCUT2D eigenvalue weighted by Gasteiger charge is -2.32. The van der Waals surface area contributed by atoms with Crippen LogP contribution in [0.3, 0.4) is 0 Å². The molecule has 0 amide bonds. The quantitative estimate of drug-likeness (QED) is 0.860. The topological polar surface area (TPSA) is 75.6 Å². The van der Waals surface area contributed by atoms with Gasteiger partial charge in [0.05, 0.1) is 21.9 Å². The monoisotopic (exact) mass is 299 g/mol. The molecule has 0 aliphatic carbocycles. The Balaban J connectivity index is 2.14. The van der Waals surface area contributed by atoms with E-state index in [4.69, 9.17) is 4.74 Å². The molecular formula is C14H21NO4S. The highest BCUT2D eigenvalue weighted by molar-refractivity contribution is 7.91. The summed E-state index contributed by atoms with van der Waals surface area (Å²) in [7, 11) is -3.27. The van der Waals surface area contributed by atoms with Crippen molar-refractivity contribution >= 4 is 15.5 Å². The number of nitrogens with one attached hydrogen (secondary N) is 1. The Hall–Kier alpha value is -1.11. The molecule has 5 nitrogen and oxygen atoms in total. The number of anilines is 1. The van der Waals surface area contributed by atoms with Gasteiger partial charge >= 0.3 is 0 Å².